The zero-order chi connectivity index (χ0) is 17.0. The summed E-state index contributed by atoms with van der Waals surface area (Å²) in [5.41, 5.74) is 1.14. The SMILES string of the molecule is CCOP(=O)(O)Cc1cc(Br)c(CP(=O)(O)OCC)cc1Br. The second-order valence-electron chi connectivity index (χ2n) is 4.46. The molecule has 0 aliphatic carbocycles. The van der Waals surface area contributed by atoms with Crippen molar-refractivity contribution in [3.05, 3.63) is 32.2 Å². The lowest BCUT2D eigenvalue weighted by atomic mass is 10.2. The minimum Gasteiger partial charge on any atom is -0.324 e. The molecule has 1 aromatic rings. The molecule has 0 amide bonds. The second kappa shape index (κ2) is 8.54. The lowest BCUT2D eigenvalue weighted by molar-refractivity contribution is 0.271. The number of hydrogen-bond acceptors (Lipinski definition) is 4. The Kier molecular flexibility index (Phi) is 7.97. The van der Waals surface area contributed by atoms with E-state index in [9.17, 15) is 18.9 Å². The molecule has 2 atom stereocenters. The van der Waals surface area contributed by atoms with Gasteiger partial charge in [0.05, 0.1) is 25.5 Å². The van der Waals surface area contributed by atoms with E-state index in [4.69, 9.17) is 9.05 Å². The van der Waals surface area contributed by atoms with Crippen LogP contribution in [0.3, 0.4) is 0 Å². The Labute approximate surface area is 146 Å². The summed E-state index contributed by atoms with van der Waals surface area (Å²) in [6.07, 6.45) is -0.300. The number of halogens is 2. The van der Waals surface area contributed by atoms with E-state index in [-0.39, 0.29) is 25.5 Å². The normalized spacial score (nSPS) is 17.0. The van der Waals surface area contributed by atoms with Crippen LogP contribution in [0.15, 0.2) is 21.1 Å². The van der Waals surface area contributed by atoms with Crippen LogP contribution >= 0.6 is 47.1 Å². The summed E-state index contributed by atoms with van der Waals surface area (Å²) in [6, 6.07) is 3.26. The van der Waals surface area contributed by atoms with E-state index in [0.29, 0.717) is 20.1 Å². The molecular formula is C12H18Br2O6P2. The minimum atomic E-state index is -3.71. The third-order valence-corrected chi connectivity index (χ3v) is 6.90. The summed E-state index contributed by atoms with van der Waals surface area (Å²) in [5, 5.41) is 0. The van der Waals surface area contributed by atoms with Gasteiger partial charge in [-0.2, -0.15) is 0 Å². The maximum Gasteiger partial charge on any atom is 0.332 e. The Morgan fingerprint density at radius 2 is 1.23 bits per heavy atom. The Morgan fingerprint density at radius 3 is 1.50 bits per heavy atom. The summed E-state index contributed by atoms with van der Waals surface area (Å²) in [7, 11) is -7.42. The van der Waals surface area contributed by atoms with E-state index in [2.05, 4.69) is 31.9 Å². The number of rotatable bonds is 8. The van der Waals surface area contributed by atoms with E-state index >= 15 is 0 Å². The molecule has 0 aromatic heterocycles. The fourth-order valence-corrected chi connectivity index (χ4v) is 5.67. The van der Waals surface area contributed by atoms with Crippen LogP contribution in [0.5, 0.6) is 0 Å². The van der Waals surface area contributed by atoms with Crippen LogP contribution in [0, 0.1) is 0 Å². The van der Waals surface area contributed by atoms with Crippen molar-refractivity contribution in [1.82, 2.24) is 0 Å². The smallest absolute Gasteiger partial charge is 0.324 e. The standard InChI is InChI=1S/C12H18Br2O6P2/c1-3-19-21(15,16)7-9-5-12(14)10(6-11(9)13)8-22(17,18)20-4-2/h5-6H,3-4,7-8H2,1-2H3,(H,15,16)(H,17,18). The Morgan fingerprint density at radius 1 is 0.909 bits per heavy atom. The first-order valence-electron chi connectivity index (χ1n) is 6.49. The predicted octanol–water partition coefficient (Wildman–Crippen LogP) is 4.66. The first-order valence-corrected chi connectivity index (χ1v) is 11.6. The fraction of sp³-hybridized carbons (Fsp3) is 0.500. The third-order valence-electron chi connectivity index (χ3n) is 2.62. The number of benzene rings is 1. The third kappa shape index (κ3) is 6.54. The van der Waals surface area contributed by atoms with Crippen LogP contribution in [0.2, 0.25) is 0 Å². The molecule has 0 saturated heterocycles. The largest absolute Gasteiger partial charge is 0.332 e. The topological polar surface area (TPSA) is 93.1 Å². The molecule has 22 heavy (non-hydrogen) atoms. The highest BCUT2D eigenvalue weighted by Crippen LogP contribution is 2.50. The Hall–Kier alpha value is 0.480. The molecule has 0 radical (unpaired) electrons. The van der Waals surface area contributed by atoms with Crippen LogP contribution in [0.4, 0.5) is 0 Å². The van der Waals surface area contributed by atoms with Crippen molar-refractivity contribution in [2.45, 2.75) is 26.2 Å². The molecule has 1 aromatic carbocycles. The van der Waals surface area contributed by atoms with Crippen molar-refractivity contribution in [3.8, 4) is 0 Å². The summed E-state index contributed by atoms with van der Waals surface area (Å²) in [6.45, 7) is 3.58. The molecule has 0 heterocycles. The van der Waals surface area contributed by atoms with E-state index in [0.717, 1.165) is 0 Å². The molecule has 0 bridgehead atoms. The van der Waals surface area contributed by atoms with Crippen molar-refractivity contribution in [1.29, 1.82) is 0 Å². The zero-order valence-corrected chi connectivity index (χ0v) is 17.1. The molecule has 2 unspecified atom stereocenters. The highest BCUT2D eigenvalue weighted by molar-refractivity contribution is 9.11. The van der Waals surface area contributed by atoms with E-state index in [1.807, 2.05) is 0 Å². The van der Waals surface area contributed by atoms with Crippen molar-refractivity contribution >= 4 is 47.1 Å². The average Bonchev–Trinajstić information content (AvgIpc) is 2.34. The maximum atomic E-state index is 11.8. The van der Waals surface area contributed by atoms with Crippen LogP contribution < -0.4 is 0 Å². The van der Waals surface area contributed by atoms with Gasteiger partial charge in [0.25, 0.3) is 0 Å². The fourth-order valence-electron chi connectivity index (χ4n) is 1.80. The van der Waals surface area contributed by atoms with Crippen molar-refractivity contribution < 1.29 is 28.0 Å². The van der Waals surface area contributed by atoms with Crippen LogP contribution in [-0.4, -0.2) is 23.0 Å². The van der Waals surface area contributed by atoms with Gasteiger partial charge >= 0.3 is 15.2 Å². The average molecular weight is 480 g/mol. The van der Waals surface area contributed by atoms with Crippen molar-refractivity contribution in [3.63, 3.8) is 0 Å². The van der Waals surface area contributed by atoms with E-state index < -0.39 is 15.2 Å². The van der Waals surface area contributed by atoms with Gasteiger partial charge in [-0.25, -0.2) is 0 Å². The molecule has 0 aliphatic heterocycles. The summed E-state index contributed by atoms with van der Waals surface area (Å²) in [5.74, 6) is 0. The molecule has 1 rings (SSSR count). The molecule has 126 valence electrons. The lowest BCUT2D eigenvalue weighted by Crippen LogP contribution is -1.98. The zero-order valence-electron chi connectivity index (χ0n) is 12.2. The van der Waals surface area contributed by atoms with Gasteiger partial charge in [0.1, 0.15) is 0 Å². The molecule has 0 fully saturated rings. The first-order chi connectivity index (χ1) is 10.1. The van der Waals surface area contributed by atoms with Gasteiger partial charge in [0.15, 0.2) is 0 Å². The van der Waals surface area contributed by atoms with Gasteiger partial charge < -0.3 is 18.8 Å². The Bertz CT molecular complexity index is 568. The van der Waals surface area contributed by atoms with E-state index in [1.165, 1.54) is 0 Å². The lowest BCUT2D eigenvalue weighted by Gasteiger charge is -2.16. The molecular weight excluding hydrogens is 462 g/mol. The molecule has 0 saturated carbocycles. The minimum absolute atomic E-state index is 0.146. The highest BCUT2D eigenvalue weighted by Gasteiger charge is 2.24. The maximum absolute atomic E-state index is 11.8. The van der Waals surface area contributed by atoms with Gasteiger partial charge in [-0.05, 0) is 37.1 Å². The molecule has 0 spiro atoms. The van der Waals surface area contributed by atoms with Gasteiger partial charge in [0.2, 0.25) is 0 Å². The quantitative estimate of drug-likeness (QED) is 0.527. The van der Waals surface area contributed by atoms with Crippen molar-refractivity contribution in [2.24, 2.45) is 0 Å². The summed E-state index contributed by atoms with van der Waals surface area (Å²) < 4.78 is 34.5. The monoisotopic (exact) mass is 478 g/mol. The summed E-state index contributed by atoms with van der Waals surface area (Å²) >= 11 is 6.62. The summed E-state index contributed by atoms with van der Waals surface area (Å²) in [4.78, 5) is 19.4. The first kappa shape index (κ1) is 20.5. The van der Waals surface area contributed by atoms with Crippen LogP contribution in [0.1, 0.15) is 25.0 Å². The van der Waals surface area contributed by atoms with Gasteiger partial charge in [0, 0.05) is 8.95 Å². The van der Waals surface area contributed by atoms with Gasteiger partial charge in [-0.15, -0.1) is 0 Å². The van der Waals surface area contributed by atoms with Crippen LogP contribution in [-0.2, 0) is 30.5 Å². The van der Waals surface area contributed by atoms with Gasteiger partial charge in [-0.1, -0.05) is 31.9 Å². The van der Waals surface area contributed by atoms with Gasteiger partial charge in [-0.3, -0.25) is 9.13 Å². The van der Waals surface area contributed by atoms with E-state index in [1.54, 1.807) is 26.0 Å². The van der Waals surface area contributed by atoms with Crippen molar-refractivity contribution in [2.75, 3.05) is 13.2 Å². The molecule has 6 nitrogen and oxygen atoms in total. The Balaban J connectivity index is 3.02. The molecule has 10 heteroatoms. The predicted molar refractivity (Wildman–Crippen MR) is 92.2 cm³/mol. The second-order valence-corrected chi connectivity index (χ2v) is 9.87. The number of hydrogen-bond donors (Lipinski definition) is 2. The highest BCUT2D eigenvalue weighted by atomic mass is 79.9. The molecule has 0 aliphatic rings. The van der Waals surface area contributed by atoms with Crippen LogP contribution in [0.25, 0.3) is 0 Å². The molecule has 2 N–H and O–H groups in total.